The van der Waals surface area contributed by atoms with E-state index in [-0.39, 0.29) is 19.0 Å². The van der Waals surface area contributed by atoms with Gasteiger partial charge >= 0.3 is 11.1 Å². The summed E-state index contributed by atoms with van der Waals surface area (Å²) in [7, 11) is 0. The number of hydrogen-bond donors (Lipinski definition) is 0. The molecule has 3 aromatic carbocycles. The Morgan fingerprint density at radius 3 is 1.94 bits per heavy atom. The van der Waals surface area contributed by atoms with E-state index in [0.717, 1.165) is 11.3 Å². The van der Waals surface area contributed by atoms with Crippen LogP contribution >= 0.6 is 11.6 Å². The van der Waals surface area contributed by atoms with E-state index < -0.39 is 11.1 Å². The molecule has 1 aromatic heterocycles. The Morgan fingerprint density at radius 2 is 1.29 bits per heavy atom. The maximum atomic E-state index is 13.2. The van der Waals surface area contributed by atoms with Crippen molar-refractivity contribution in [2.45, 2.75) is 13.1 Å². The molecule has 178 valence electrons. The van der Waals surface area contributed by atoms with E-state index in [1.54, 1.807) is 35.2 Å². The molecule has 8 heteroatoms. The minimum Gasteiger partial charge on any atom is -0.368 e. The van der Waals surface area contributed by atoms with Gasteiger partial charge in [0.1, 0.15) is 6.54 Å². The summed E-state index contributed by atoms with van der Waals surface area (Å²) < 4.78 is 2.77. The van der Waals surface area contributed by atoms with Crippen LogP contribution in [0.5, 0.6) is 0 Å². The maximum absolute atomic E-state index is 13.2. The molecule has 1 aliphatic rings. The molecule has 0 atom stereocenters. The first-order valence-corrected chi connectivity index (χ1v) is 11.9. The number of fused-ring (bicyclic) bond motifs is 1. The SMILES string of the molecule is O=C(Cn1c(=O)c(=O)n(Cc2ccc(Cl)cc2)c2ccccc21)N1CCN(c2ccccc2)CC1. The fraction of sp³-hybridized carbons (Fsp3) is 0.222. The normalized spacial score (nSPS) is 13.9. The standard InChI is InChI=1S/C27H25ClN4O3/c28-21-12-10-20(11-13-21)18-31-23-8-4-5-9-24(23)32(27(35)26(31)34)19-25(33)30-16-14-29(15-17-30)22-6-2-1-3-7-22/h1-13H,14-19H2. The van der Waals surface area contributed by atoms with Crippen LogP contribution in [0.25, 0.3) is 11.0 Å². The Balaban J connectivity index is 1.40. The van der Waals surface area contributed by atoms with Gasteiger partial charge in [-0.05, 0) is 42.0 Å². The topological polar surface area (TPSA) is 67.5 Å². The van der Waals surface area contributed by atoms with Crippen molar-refractivity contribution in [2.24, 2.45) is 0 Å². The Kier molecular flexibility index (Phi) is 6.42. The van der Waals surface area contributed by atoms with Crippen LogP contribution in [0, 0.1) is 0 Å². The number of nitrogens with zero attached hydrogens (tertiary/aromatic N) is 4. The van der Waals surface area contributed by atoms with E-state index in [0.29, 0.717) is 42.2 Å². The molecule has 1 aliphatic heterocycles. The molecule has 0 unspecified atom stereocenters. The van der Waals surface area contributed by atoms with Crippen LogP contribution in [0.2, 0.25) is 5.02 Å². The molecule has 4 aromatic rings. The highest BCUT2D eigenvalue weighted by atomic mass is 35.5. The number of carbonyl (C=O) groups excluding carboxylic acids is 1. The van der Waals surface area contributed by atoms with Crippen LogP contribution in [0.15, 0.2) is 88.5 Å². The molecule has 0 spiro atoms. The van der Waals surface area contributed by atoms with Gasteiger partial charge in [-0.3, -0.25) is 23.5 Å². The van der Waals surface area contributed by atoms with Gasteiger partial charge in [0.2, 0.25) is 5.91 Å². The zero-order valence-electron chi connectivity index (χ0n) is 19.1. The van der Waals surface area contributed by atoms with Gasteiger partial charge in [-0.2, -0.15) is 0 Å². The fourth-order valence-electron chi connectivity index (χ4n) is 4.54. The molecule has 1 fully saturated rings. The number of anilines is 1. The summed E-state index contributed by atoms with van der Waals surface area (Å²) in [6.07, 6.45) is 0. The van der Waals surface area contributed by atoms with Crippen molar-refractivity contribution in [1.29, 1.82) is 0 Å². The number of benzene rings is 3. The smallest absolute Gasteiger partial charge is 0.317 e. The van der Waals surface area contributed by atoms with Crippen molar-refractivity contribution in [3.05, 3.63) is 110 Å². The van der Waals surface area contributed by atoms with E-state index in [2.05, 4.69) is 17.0 Å². The van der Waals surface area contributed by atoms with E-state index >= 15 is 0 Å². The average Bonchev–Trinajstić information content (AvgIpc) is 2.90. The number of amides is 1. The maximum Gasteiger partial charge on any atom is 0.317 e. The molecular formula is C27H25ClN4O3. The van der Waals surface area contributed by atoms with Gasteiger partial charge in [-0.25, -0.2) is 0 Å². The van der Waals surface area contributed by atoms with Crippen LogP contribution < -0.4 is 16.0 Å². The van der Waals surface area contributed by atoms with Crippen LogP contribution in [0.4, 0.5) is 5.69 Å². The van der Waals surface area contributed by atoms with E-state index in [1.807, 2.05) is 36.4 Å². The zero-order valence-corrected chi connectivity index (χ0v) is 19.9. The second kappa shape index (κ2) is 9.80. The lowest BCUT2D eigenvalue weighted by Crippen LogP contribution is -2.51. The molecule has 2 heterocycles. The van der Waals surface area contributed by atoms with Gasteiger partial charge in [-0.15, -0.1) is 0 Å². The third-order valence-corrected chi connectivity index (χ3v) is 6.69. The van der Waals surface area contributed by atoms with Crippen molar-refractivity contribution in [3.63, 3.8) is 0 Å². The number of para-hydroxylation sites is 3. The summed E-state index contributed by atoms with van der Waals surface area (Å²) in [6.45, 7) is 2.63. The highest BCUT2D eigenvalue weighted by molar-refractivity contribution is 6.30. The molecule has 5 rings (SSSR count). The Hall–Kier alpha value is -3.84. The molecule has 0 N–H and O–H groups in total. The molecule has 1 amide bonds. The van der Waals surface area contributed by atoms with Crippen LogP contribution in [0.3, 0.4) is 0 Å². The highest BCUT2D eigenvalue weighted by Crippen LogP contribution is 2.17. The molecular weight excluding hydrogens is 464 g/mol. The molecule has 35 heavy (non-hydrogen) atoms. The predicted octanol–water partition coefficient (Wildman–Crippen LogP) is 3.21. The monoisotopic (exact) mass is 488 g/mol. The zero-order chi connectivity index (χ0) is 24.4. The lowest BCUT2D eigenvalue weighted by Gasteiger charge is -2.36. The summed E-state index contributed by atoms with van der Waals surface area (Å²) in [5, 5.41) is 0.601. The Labute approximate surface area is 207 Å². The second-order valence-corrected chi connectivity index (χ2v) is 9.04. The first-order valence-electron chi connectivity index (χ1n) is 11.6. The molecule has 0 bridgehead atoms. The molecule has 0 radical (unpaired) electrons. The van der Waals surface area contributed by atoms with Gasteiger partial charge in [0.05, 0.1) is 17.6 Å². The highest BCUT2D eigenvalue weighted by Gasteiger charge is 2.23. The summed E-state index contributed by atoms with van der Waals surface area (Å²) in [4.78, 5) is 43.4. The van der Waals surface area contributed by atoms with E-state index in [9.17, 15) is 14.4 Å². The number of carbonyl (C=O) groups is 1. The van der Waals surface area contributed by atoms with E-state index in [1.165, 1.54) is 9.13 Å². The van der Waals surface area contributed by atoms with Gasteiger partial charge in [0.25, 0.3) is 0 Å². The second-order valence-electron chi connectivity index (χ2n) is 8.60. The lowest BCUT2D eigenvalue weighted by atomic mass is 10.2. The number of hydrogen-bond acceptors (Lipinski definition) is 4. The Morgan fingerprint density at radius 1 is 0.714 bits per heavy atom. The largest absolute Gasteiger partial charge is 0.368 e. The van der Waals surface area contributed by atoms with Crippen LogP contribution in [-0.4, -0.2) is 46.1 Å². The minimum absolute atomic E-state index is 0.165. The average molecular weight is 489 g/mol. The molecule has 7 nitrogen and oxygen atoms in total. The van der Waals surface area contributed by atoms with E-state index in [4.69, 9.17) is 11.6 Å². The number of halogens is 1. The van der Waals surface area contributed by atoms with Crippen molar-refractivity contribution < 1.29 is 4.79 Å². The third-order valence-electron chi connectivity index (χ3n) is 6.44. The quantitative estimate of drug-likeness (QED) is 0.405. The predicted molar refractivity (Wildman–Crippen MR) is 138 cm³/mol. The van der Waals surface area contributed by atoms with Crippen LogP contribution in [0.1, 0.15) is 5.56 Å². The van der Waals surface area contributed by atoms with Crippen LogP contribution in [-0.2, 0) is 17.9 Å². The van der Waals surface area contributed by atoms with Gasteiger partial charge in [-0.1, -0.05) is 54.1 Å². The molecule has 1 saturated heterocycles. The lowest BCUT2D eigenvalue weighted by molar-refractivity contribution is -0.132. The van der Waals surface area contributed by atoms with Crippen molar-refractivity contribution in [3.8, 4) is 0 Å². The van der Waals surface area contributed by atoms with Gasteiger partial charge in [0, 0.05) is 36.9 Å². The first kappa shape index (κ1) is 22.9. The Bertz CT molecular complexity index is 1470. The number of piperazine rings is 1. The van der Waals surface area contributed by atoms with Crippen molar-refractivity contribution in [1.82, 2.24) is 14.0 Å². The first-order chi connectivity index (χ1) is 17.0. The van der Waals surface area contributed by atoms with Crippen molar-refractivity contribution >= 4 is 34.2 Å². The van der Waals surface area contributed by atoms with Gasteiger partial charge < -0.3 is 9.80 Å². The van der Waals surface area contributed by atoms with Gasteiger partial charge in [0.15, 0.2) is 0 Å². The fourth-order valence-corrected chi connectivity index (χ4v) is 4.67. The number of rotatable bonds is 5. The summed E-state index contributed by atoms with van der Waals surface area (Å²) in [6, 6.07) is 24.4. The molecule has 0 saturated carbocycles. The summed E-state index contributed by atoms with van der Waals surface area (Å²) >= 11 is 5.98. The minimum atomic E-state index is -0.700. The number of aromatic nitrogens is 2. The summed E-state index contributed by atoms with van der Waals surface area (Å²) in [5.74, 6) is -0.167. The van der Waals surface area contributed by atoms with Crippen molar-refractivity contribution in [2.75, 3.05) is 31.1 Å². The molecule has 0 aliphatic carbocycles. The summed E-state index contributed by atoms with van der Waals surface area (Å²) in [5.41, 5.74) is 1.79. The third kappa shape index (κ3) is 4.72.